The van der Waals surface area contributed by atoms with Gasteiger partial charge >= 0.3 is 0 Å². The molecule has 0 N–H and O–H groups in total. The van der Waals surface area contributed by atoms with Crippen LogP contribution < -0.4 is 0 Å². The molecular formula is C17H33N3O2S. The molecule has 2 heterocycles. The van der Waals surface area contributed by atoms with Crippen LogP contribution in [0.15, 0.2) is 0 Å². The largest absolute Gasteiger partial charge is 0.383 e. The van der Waals surface area contributed by atoms with Crippen molar-refractivity contribution in [3.8, 4) is 0 Å². The van der Waals surface area contributed by atoms with Crippen LogP contribution in [0, 0.1) is 0 Å². The molecule has 0 unspecified atom stereocenters. The van der Waals surface area contributed by atoms with Crippen molar-refractivity contribution in [1.29, 1.82) is 0 Å². The molecule has 1 amide bonds. The number of carbonyl (C=O) groups is 1. The SMILES string of the molecule is COCCN1CC[C@]2(CCC1=O)CN(CCCSC)CCN2C. The van der Waals surface area contributed by atoms with Crippen molar-refractivity contribution in [2.24, 2.45) is 0 Å². The monoisotopic (exact) mass is 343 g/mol. The Morgan fingerprint density at radius 1 is 1.22 bits per heavy atom. The first-order valence-electron chi connectivity index (χ1n) is 8.80. The third kappa shape index (κ3) is 5.08. The first kappa shape index (κ1) is 19.0. The van der Waals surface area contributed by atoms with Crippen molar-refractivity contribution >= 4 is 17.7 Å². The van der Waals surface area contributed by atoms with Crippen LogP contribution in [0.5, 0.6) is 0 Å². The van der Waals surface area contributed by atoms with Crippen LogP contribution in [0.3, 0.4) is 0 Å². The molecule has 0 radical (unpaired) electrons. The lowest BCUT2D eigenvalue weighted by atomic mass is 9.86. The number of piperazine rings is 1. The van der Waals surface area contributed by atoms with Gasteiger partial charge in [0.1, 0.15) is 0 Å². The quantitative estimate of drug-likeness (QED) is 0.653. The lowest BCUT2D eigenvalue weighted by Gasteiger charge is -2.49. The Morgan fingerprint density at radius 3 is 2.78 bits per heavy atom. The fourth-order valence-corrected chi connectivity index (χ4v) is 4.25. The number of likely N-dealkylation sites (tertiary alicyclic amines) is 1. The molecule has 1 atom stereocenters. The van der Waals surface area contributed by atoms with Gasteiger partial charge < -0.3 is 14.5 Å². The van der Waals surface area contributed by atoms with E-state index >= 15 is 0 Å². The van der Waals surface area contributed by atoms with Gasteiger partial charge in [-0.3, -0.25) is 9.69 Å². The van der Waals surface area contributed by atoms with E-state index in [9.17, 15) is 4.79 Å². The number of thioether (sulfide) groups is 1. The Bertz CT molecular complexity index is 383. The first-order valence-corrected chi connectivity index (χ1v) is 10.2. The Kier molecular flexibility index (Phi) is 7.66. The number of methoxy groups -OCH3 is 1. The fourth-order valence-electron chi connectivity index (χ4n) is 3.84. The highest BCUT2D eigenvalue weighted by Gasteiger charge is 2.41. The molecule has 0 aromatic rings. The van der Waals surface area contributed by atoms with Crippen molar-refractivity contribution in [3.63, 3.8) is 0 Å². The molecule has 2 saturated heterocycles. The predicted octanol–water partition coefficient (Wildman–Crippen LogP) is 1.38. The van der Waals surface area contributed by atoms with E-state index in [0.717, 1.165) is 45.6 Å². The molecular weight excluding hydrogens is 310 g/mol. The van der Waals surface area contributed by atoms with Crippen LogP contribution >= 0.6 is 11.8 Å². The first-order chi connectivity index (χ1) is 11.1. The fraction of sp³-hybridized carbons (Fsp3) is 0.941. The Labute approximate surface area is 145 Å². The highest BCUT2D eigenvalue weighted by Crippen LogP contribution is 2.32. The van der Waals surface area contributed by atoms with Gasteiger partial charge in [-0.05, 0) is 44.9 Å². The van der Waals surface area contributed by atoms with Gasteiger partial charge in [0.05, 0.1) is 6.61 Å². The number of ether oxygens (including phenoxy) is 1. The number of carbonyl (C=O) groups excluding carboxylic acids is 1. The highest BCUT2D eigenvalue weighted by atomic mass is 32.2. The van der Waals surface area contributed by atoms with E-state index in [0.29, 0.717) is 18.9 Å². The molecule has 23 heavy (non-hydrogen) atoms. The van der Waals surface area contributed by atoms with E-state index in [4.69, 9.17) is 4.74 Å². The number of hydrogen-bond donors (Lipinski definition) is 0. The summed E-state index contributed by atoms with van der Waals surface area (Å²) in [5, 5.41) is 0. The molecule has 2 fully saturated rings. The predicted molar refractivity (Wildman–Crippen MR) is 97.1 cm³/mol. The third-order valence-corrected chi connectivity index (χ3v) is 6.17. The number of amides is 1. The average Bonchev–Trinajstić information content (AvgIpc) is 2.70. The van der Waals surface area contributed by atoms with Crippen molar-refractivity contribution in [1.82, 2.24) is 14.7 Å². The van der Waals surface area contributed by atoms with Crippen LogP contribution in [0.25, 0.3) is 0 Å². The van der Waals surface area contributed by atoms with E-state index < -0.39 is 0 Å². The molecule has 0 aromatic carbocycles. The number of rotatable bonds is 7. The summed E-state index contributed by atoms with van der Waals surface area (Å²) in [6.45, 7) is 6.81. The second kappa shape index (κ2) is 9.25. The molecule has 6 heteroatoms. The van der Waals surface area contributed by atoms with Gasteiger partial charge in [0.2, 0.25) is 5.91 Å². The zero-order chi connectivity index (χ0) is 16.7. The normalized spacial score (nSPS) is 27.6. The molecule has 0 bridgehead atoms. The summed E-state index contributed by atoms with van der Waals surface area (Å²) < 4.78 is 5.15. The lowest BCUT2D eigenvalue weighted by molar-refractivity contribution is -0.131. The van der Waals surface area contributed by atoms with Gasteiger partial charge in [0, 0.05) is 51.8 Å². The summed E-state index contributed by atoms with van der Waals surface area (Å²) in [6, 6.07) is 0. The van der Waals surface area contributed by atoms with Crippen LogP contribution in [0.2, 0.25) is 0 Å². The summed E-state index contributed by atoms with van der Waals surface area (Å²) in [5.74, 6) is 1.54. The van der Waals surface area contributed by atoms with Crippen molar-refractivity contribution in [2.75, 3.05) is 72.0 Å². The Balaban J connectivity index is 1.96. The van der Waals surface area contributed by atoms with Crippen molar-refractivity contribution < 1.29 is 9.53 Å². The maximum atomic E-state index is 12.4. The Morgan fingerprint density at radius 2 is 2.04 bits per heavy atom. The zero-order valence-corrected chi connectivity index (χ0v) is 15.9. The summed E-state index contributed by atoms with van der Waals surface area (Å²) in [7, 11) is 3.94. The van der Waals surface area contributed by atoms with Crippen molar-refractivity contribution in [3.05, 3.63) is 0 Å². The third-order valence-electron chi connectivity index (χ3n) is 5.47. The summed E-state index contributed by atoms with van der Waals surface area (Å²) >= 11 is 1.93. The smallest absolute Gasteiger partial charge is 0.222 e. The summed E-state index contributed by atoms with van der Waals surface area (Å²) in [5.41, 5.74) is 0.176. The number of nitrogens with zero attached hydrogens (tertiary/aromatic N) is 3. The van der Waals surface area contributed by atoms with E-state index in [1.807, 2.05) is 16.7 Å². The van der Waals surface area contributed by atoms with E-state index in [-0.39, 0.29) is 5.54 Å². The van der Waals surface area contributed by atoms with Crippen LogP contribution in [0.4, 0.5) is 0 Å². The molecule has 2 aliphatic rings. The number of likely N-dealkylation sites (N-methyl/N-ethyl adjacent to an activating group) is 1. The van der Waals surface area contributed by atoms with E-state index in [1.165, 1.54) is 18.7 Å². The summed E-state index contributed by atoms with van der Waals surface area (Å²) in [6.07, 6.45) is 6.19. The number of hydrogen-bond acceptors (Lipinski definition) is 5. The lowest BCUT2D eigenvalue weighted by Crippen LogP contribution is -2.61. The van der Waals surface area contributed by atoms with Crippen LogP contribution in [-0.4, -0.2) is 98.2 Å². The molecule has 5 nitrogen and oxygen atoms in total. The molecule has 2 aliphatic heterocycles. The minimum atomic E-state index is 0.176. The van der Waals surface area contributed by atoms with Crippen LogP contribution in [0.1, 0.15) is 25.7 Å². The second-order valence-electron chi connectivity index (χ2n) is 6.89. The average molecular weight is 344 g/mol. The molecule has 0 aromatic heterocycles. The maximum absolute atomic E-state index is 12.4. The maximum Gasteiger partial charge on any atom is 0.222 e. The minimum absolute atomic E-state index is 0.176. The van der Waals surface area contributed by atoms with Gasteiger partial charge in [0.25, 0.3) is 0 Å². The minimum Gasteiger partial charge on any atom is -0.383 e. The van der Waals surface area contributed by atoms with Gasteiger partial charge in [-0.1, -0.05) is 0 Å². The van der Waals surface area contributed by atoms with Crippen LogP contribution in [-0.2, 0) is 9.53 Å². The Hall–Kier alpha value is -0.300. The van der Waals surface area contributed by atoms with Gasteiger partial charge in [0.15, 0.2) is 0 Å². The molecule has 2 rings (SSSR count). The summed E-state index contributed by atoms with van der Waals surface area (Å²) in [4.78, 5) is 19.5. The molecule has 134 valence electrons. The van der Waals surface area contributed by atoms with Gasteiger partial charge in [-0.25, -0.2) is 0 Å². The molecule has 1 spiro atoms. The zero-order valence-electron chi connectivity index (χ0n) is 15.1. The van der Waals surface area contributed by atoms with Crippen molar-refractivity contribution in [2.45, 2.75) is 31.2 Å². The standard InChI is InChI=1S/C17H33N3O2S/c1-18-10-11-19(8-4-14-23-3)15-17(18)6-5-16(21)20(9-7-17)12-13-22-2/h4-15H2,1-3H3/t17-/m1/s1. The molecule has 0 saturated carbocycles. The van der Waals surface area contributed by atoms with E-state index in [2.05, 4.69) is 23.1 Å². The van der Waals surface area contributed by atoms with Gasteiger partial charge in [-0.2, -0.15) is 11.8 Å². The van der Waals surface area contributed by atoms with Gasteiger partial charge in [-0.15, -0.1) is 0 Å². The molecule has 0 aliphatic carbocycles. The second-order valence-corrected chi connectivity index (χ2v) is 7.88. The topological polar surface area (TPSA) is 36.0 Å². The van der Waals surface area contributed by atoms with E-state index in [1.54, 1.807) is 7.11 Å². The highest BCUT2D eigenvalue weighted by molar-refractivity contribution is 7.98.